The van der Waals surface area contributed by atoms with E-state index in [0.29, 0.717) is 34.4 Å². The molecule has 1 aliphatic heterocycles. The molecular formula is C19H18Cl2FN3O2. The maximum atomic E-state index is 13.2. The Balaban J connectivity index is 1.61. The molecule has 5 nitrogen and oxygen atoms in total. The van der Waals surface area contributed by atoms with Gasteiger partial charge in [-0.3, -0.25) is 14.5 Å². The first kappa shape index (κ1) is 19.6. The van der Waals surface area contributed by atoms with Crippen LogP contribution in [-0.4, -0.2) is 35.8 Å². The van der Waals surface area contributed by atoms with Crippen LogP contribution >= 0.6 is 23.2 Å². The first-order valence-corrected chi connectivity index (χ1v) is 9.23. The highest BCUT2D eigenvalue weighted by Crippen LogP contribution is 2.27. The van der Waals surface area contributed by atoms with E-state index in [9.17, 15) is 14.0 Å². The molecule has 1 aliphatic rings. The van der Waals surface area contributed by atoms with Crippen molar-refractivity contribution < 1.29 is 14.0 Å². The van der Waals surface area contributed by atoms with Crippen molar-refractivity contribution in [2.24, 2.45) is 0 Å². The van der Waals surface area contributed by atoms with Gasteiger partial charge in [-0.1, -0.05) is 29.3 Å². The molecule has 2 aromatic rings. The van der Waals surface area contributed by atoms with E-state index in [0.717, 1.165) is 6.42 Å². The Morgan fingerprint density at radius 1 is 1.15 bits per heavy atom. The molecular weight excluding hydrogens is 392 g/mol. The lowest BCUT2D eigenvalue weighted by atomic mass is 10.2. The molecule has 8 heteroatoms. The minimum absolute atomic E-state index is 0.0396. The number of hydrogen-bond acceptors (Lipinski definition) is 3. The van der Waals surface area contributed by atoms with Gasteiger partial charge < -0.3 is 10.6 Å². The summed E-state index contributed by atoms with van der Waals surface area (Å²) in [6.07, 6.45) is 1.44. The molecule has 0 aromatic heterocycles. The monoisotopic (exact) mass is 409 g/mol. The van der Waals surface area contributed by atoms with Crippen LogP contribution in [-0.2, 0) is 9.59 Å². The van der Waals surface area contributed by atoms with Crippen LogP contribution in [0.2, 0.25) is 10.0 Å². The number of halogens is 3. The van der Waals surface area contributed by atoms with Gasteiger partial charge in [0.05, 0.1) is 23.3 Å². The summed E-state index contributed by atoms with van der Waals surface area (Å²) in [6.45, 7) is 0.663. The second kappa shape index (κ2) is 8.69. The molecule has 2 amide bonds. The lowest BCUT2D eigenvalue weighted by molar-refractivity contribution is -0.122. The number of amides is 2. The van der Waals surface area contributed by atoms with Crippen LogP contribution in [0.3, 0.4) is 0 Å². The third kappa shape index (κ3) is 5.19. The van der Waals surface area contributed by atoms with Crippen LogP contribution in [0.25, 0.3) is 0 Å². The number of nitrogens with one attached hydrogen (secondary N) is 2. The Labute approximate surface area is 166 Å². The van der Waals surface area contributed by atoms with Gasteiger partial charge in [0.15, 0.2) is 0 Å². The Bertz CT molecular complexity index is 863. The molecule has 2 aromatic carbocycles. The van der Waals surface area contributed by atoms with Gasteiger partial charge in [-0.05, 0) is 55.8 Å². The van der Waals surface area contributed by atoms with Crippen molar-refractivity contribution in [1.29, 1.82) is 0 Å². The Hall–Kier alpha value is -2.15. The van der Waals surface area contributed by atoms with E-state index in [-0.39, 0.29) is 18.4 Å². The molecule has 1 unspecified atom stereocenters. The third-order valence-electron chi connectivity index (χ3n) is 4.31. The first-order valence-electron chi connectivity index (χ1n) is 8.48. The van der Waals surface area contributed by atoms with E-state index < -0.39 is 11.9 Å². The van der Waals surface area contributed by atoms with Gasteiger partial charge in [-0.25, -0.2) is 4.39 Å². The fourth-order valence-corrected chi connectivity index (χ4v) is 3.41. The molecule has 1 atom stereocenters. The van der Waals surface area contributed by atoms with Crippen molar-refractivity contribution in [2.45, 2.75) is 18.9 Å². The van der Waals surface area contributed by atoms with E-state index in [1.165, 1.54) is 18.2 Å². The van der Waals surface area contributed by atoms with Gasteiger partial charge in [0.25, 0.3) is 0 Å². The van der Waals surface area contributed by atoms with Gasteiger partial charge in [0, 0.05) is 10.7 Å². The molecule has 0 aliphatic carbocycles. The fraction of sp³-hybridized carbons (Fsp3) is 0.263. The zero-order valence-corrected chi connectivity index (χ0v) is 15.9. The lowest BCUT2D eigenvalue weighted by Crippen LogP contribution is -2.43. The molecule has 1 heterocycles. The Morgan fingerprint density at radius 2 is 1.96 bits per heavy atom. The SMILES string of the molecule is O=C(CN1CCCC1C(=O)Nc1cc(Cl)ccc1Cl)Nc1cccc(F)c1. The summed E-state index contributed by atoms with van der Waals surface area (Å²) in [4.78, 5) is 26.7. The van der Waals surface area contributed by atoms with Gasteiger partial charge in [-0.15, -0.1) is 0 Å². The highest BCUT2D eigenvalue weighted by Gasteiger charge is 2.32. The highest BCUT2D eigenvalue weighted by molar-refractivity contribution is 6.35. The number of nitrogens with zero attached hydrogens (tertiary/aromatic N) is 1. The van der Waals surface area contributed by atoms with Crippen molar-refractivity contribution in [3.63, 3.8) is 0 Å². The van der Waals surface area contributed by atoms with Gasteiger partial charge in [0.1, 0.15) is 5.82 Å². The van der Waals surface area contributed by atoms with Crippen molar-refractivity contribution in [1.82, 2.24) is 4.90 Å². The molecule has 0 saturated carbocycles. The first-order chi connectivity index (χ1) is 12.9. The van der Waals surface area contributed by atoms with Crippen molar-refractivity contribution in [2.75, 3.05) is 23.7 Å². The molecule has 0 bridgehead atoms. The quantitative estimate of drug-likeness (QED) is 0.778. The van der Waals surface area contributed by atoms with Gasteiger partial charge in [-0.2, -0.15) is 0 Å². The average molecular weight is 410 g/mol. The third-order valence-corrected chi connectivity index (χ3v) is 4.87. The van der Waals surface area contributed by atoms with E-state index in [1.54, 1.807) is 29.2 Å². The molecule has 27 heavy (non-hydrogen) atoms. The maximum absolute atomic E-state index is 13.2. The number of likely N-dealkylation sites (tertiary alicyclic amines) is 1. The second-order valence-corrected chi connectivity index (χ2v) is 7.14. The highest BCUT2D eigenvalue weighted by atomic mass is 35.5. The number of hydrogen-bond donors (Lipinski definition) is 2. The predicted octanol–water partition coefficient (Wildman–Crippen LogP) is 4.17. The maximum Gasteiger partial charge on any atom is 0.241 e. The van der Waals surface area contributed by atoms with Crippen LogP contribution in [0.15, 0.2) is 42.5 Å². The molecule has 1 saturated heterocycles. The minimum Gasteiger partial charge on any atom is -0.325 e. The average Bonchev–Trinajstić information content (AvgIpc) is 3.06. The van der Waals surface area contributed by atoms with E-state index >= 15 is 0 Å². The van der Waals surface area contributed by atoms with Crippen LogP contribution in [0.1, 0.15) is 12.8 Å². The number of rotatable bonds is 5. The largest absolute Gasteiger partial charge is 0.325 e. The molecule has 1 fully saturated rings. The number of benzene rings is 2. The smallest absolute Gasteiger partial charge is 0.241 e. The zero-order valence-electron chi connectivity index (χ0n) is 14.3. The number of carbonyl (C=O) groups excluding carboxylic acids is 2. The molecule has 3 rings (SSSR count). The van der Waals surface area contributed by atoms with Crippen molar-refractivity contribution in [3.05, 3.63) is 58.3 Å². The van der Waals surface area contributed by atoms with E-state index in [1.807, 2.05) is 0 Å². The summed E-state index contributed by atoms with van der Waals surface area (Å²) in [5.41, 5.74) is 0.816. The summed E-state index contributed by atoms with van der Waals surface area (Å²) in [5, 5.41) is 6.27. The second-order valence-electron chi connectivity index (χ2n) is 6.30. The van der Waals surface area contributed by atoms with Gasteiger partial charge in [0.2, 0.25) is 11.8 Å². The van der Waals surface area contributed by atoms with Crippen LogP contribution < -0.4 is 10.6 Å². The lowest BCUT2D eigenvalue weighted by Gasteiger charge is -2.23. The molecule has 0 radical (unpaired) electrons. The van der Waals surface area contributed by atoms with Gasteiger partial charge >= 0.3 is 0 Å². The topological polar surface area (TPSA) is 61.4 Å². The van der Waals surface area contributed by atoms with Crippen molar-refractivity contribution in [3.8, 4) is 0 Å². The minimum atomic E-state index is -0.446. The van der Waals surface area contributed by atoms with Crippen LogP contribution in [0.5, 0.6) is 0 Å². The summed E-state index contributed by atoms with van der Waals surface area (Å²) in [5.74, 6) is -0.971. The standard InChI is InChI=1S/C19H18Cl2FN3O2/c20-12-6-7-15(21)16(9-12)24-19(27)17-5-2-8-25(17)11-18(26)23-14-4-1-3-13(22)10-14/h1,3-4,6-7,9-10,17H,2,5,8,11H2,(H,23,26)(H,24,27). The molecule has 0 spiro atoms. The van der Waals surface area contributed by atoms with Crippen molar-refractivity contribution >= 4 is 46.4 Å². The van der Waals surface area contributed by atoms with Crippen LogP contribution in [0.4, 0.5) is 15.8 Å². The number of anilines is 2. The predicted molar refractivity (Wildman–Crippen MR) is 105 cm³/mol. The fourth-order valence-electron chi connectivity index (χ4n) is 3.07. The molecule has 142 valence electrons. The summed E-state index contributed by atoms with van der Waals surface area (Å²) < 4.78 is 13.2. The summed E-state index contributed by atoms with van der Waals surface area (Å²) in [6, 6.07) is 10.1. The summed E-state index contributed by atoms with van der Waals surface area (Å²) >= 11 is 12.0. The van der Waals surface area contributed by atoms with E-state index in [4.69, 9.17) is 23.2 Å². The van der Waals surface area contributed by atoms with E-state index in [2.05, 4.69) is 10.6 Å². The summed E-state index contributed by atoms with van der Waals surface area (Å²) in [7, 11) is 0. The normalized spacial score (nSPS) is 16.9. The van der Waals surface area contributed by atoms with Crippen LogP contribution in [0, 0.1) is 5.82 Å². The molecule has 2 N–H and O–H groups in total. The Kier molecular flexibility index (Phi) is 6.31. The zero-order chi connectivity index (χ0) is 19.4. The Morgan fingerprint density at radius 3 is 2.74 bits per heavy atom. The number of carbonyl (C=O) groups is 2.